The summed E-state index contributed by atoms with van der Waals surface area (Å²) in [4.78, 5) is 22.4. The van der Waals surface area contributed by atoms with Crippen molar-refractivity contribution < 1.29 is 13.2 Å². The molecule has 1 atom stereocenters. The van der Waals surface area contributed by atoms with Gasteiger partial charge in [0.1, 0.15) is 11.9 Å². The highest BCUT2D eigenvalue weighted by Gasteiger charge is 2.31. The van der Waals surface area contributed by atoms with E-state index in [1.54, 1.807) is 24.4 Å². The molecule has 2 aromatic rings. The summed E-state index contributed by atoms with van der Waals surface area (Å²) in [5.41, 5.74) is 0.492. The number of aryl methyl sites for hydroxylation is 1. The molecule has 0 spiro atoms. The first-order valence-corrected chi connectivity index (χ1v) is 10.6. The van der Waals surface area contributed by atoms with Crippen LogP contribution in [0.2, 0.25) is 0 Å². The van der Waals surface area contributed by atoms with Crippen molar-refractivity contribution in [2.75, 3.05) is 5.32 Å². The number of hydrogen-bond acceptors (Lipinski definition) is 6. The number of carbonyl (C=O) groups excluding carboxylic acids is 1. The number of amidine groups is 1. The average Bonchev–Trinajstić information content (AvgIpc) is 3.12. The Balaban J connectivity index is 1.89. The molecule has 1 aliphatic heterocycles. The lowest BCUT2D eigenvalue weighted by Crippen LogP contribution is -2.30. The lowest BCUT2D eigenvalue weighted by Gasteiger charge is -2.12. The maximum Gasteiger partial charge on any atom is 0.263 e. The highest BCUT2D eigenvalue weighted by Crippen LogP contribution is 2.24. The fourth-order valence-corrected chi connectivity index (χ4v) is 4.55. The van der Waals surface area contributed by atoms with Crippen molar-refractivity contribution in [3.05, 3.63) is 40.9 Å². The Kier molecular flexibility index (Phi) is 5.38. The molecule has 2 N–H and O–H groups in total. The number of rotatable bonds is 6. The Morgan fingerprint density at radius 1 is 1.38 bits per heavy atom. The van der Waals surface area contributed by atoms with E-state index in [1.165, 1.54) is 17.4 Å². The number of fused-ring (bicyclic) bond motifs is 1. The summed E-state index contributed by atoms with van der Waals surface area (Å²) in [5.74, 6) is -0.0731. The number of nitrogens with one attached hydrogen (secondary N) is 2. The monoisotopic (exact) mass is 392 g/mol. The average molecular weight is 393 g/mol. The molecule has 0 saturated carbocycles. The molecule has 3 rings (SSSR count). The molecule has 1 aliphatic rings. The Labute approximate surface area is 156 Å². The van der Waals surface area contributed by atoms with Crippen molar-refractivity contribution in [1.29, 1.82) is 0 Å². The van der Waals surface area contributed by atoms with Gasteiger partial charge in [0.05, 0.1) is 4.90 Å². The van der Waals surface area contributed by atoms with Crippen molar-refractivity contribution in [3.8, 4) is 0 Å². The summed E-state index contributed by atoms with van der Waals surface area (Å²) in [6.07, 6.45) is 3.93. The van der Waals surface area contributed by atoms with Crippen molar-refractivity contribution in [3.63, 3.8) is 0 Å². The second-order valence-electron chi connectivity index (χ2n) is 6.00. The van der Waals surface area contributed by atoms with Crippen LogP contribution in [0.4, 0.5) is 5.13 Å². The molecule has 1 aromatic heterocycles. The van der Waals surface area contributed by atoms with Crippen LogP contribution in [0.1, 0.15) is 36.6 Å². The van der Waals surface area contributed by atoms with E-state index in [9.17, 15) is 13.2 Å². The first-order valence-electron chi connectivity index (χ1n) is 8.34. The minimum Gasteiger partial charge on any atom is -0.300 e. The quantitative estimate of drug-likeness (QED) is 0.789. The summed E-state index contributed by atoms with van der Waals surface area (Å²) in [5, 5.41) is 3.29. The molecule has 138 valence electrons. The number of thiazole rings is 1. The van der Waals surface area contributed by atoms with Gasteiger partial charge in [-0.1, -0.05) is 31.9 Å². The van der Waals surface area contributed by atoms with E-state index in [0.29, 0.717) is 17.1 Å². The zero-order valence-electron chi connectivity index (χ0n) is 14.5. The second-order valence-corrected chi connectivity index (χ2v) is 8.89. The summed E-state index contributed by atoms with van der Waals surface area (Å²) in [7, 11) is -3.62. The predicted octanol–water partition coefficient (Wildman–Crippen LogP) is 2.69. The number of aliphatic imine (C=N–C) groups is 1. The first-order chi connectivity index (χ1) is 12.4. The molecule has 26 heavy (non-hydrogen) atoms. The van der Waals surface area contributed by atoms with E-state index in [4.69, 9.17) is 0 Å². The smallest absolute Gasteiger partial charge is 0.263 e. The molecule has 0 aliphatic carbocycles. The molecule has 0 bridgehead atoms. The zero-order valence-corrected chi connectivity index (χ0v) is 16.2. The van der Waals surface area contributed by atoms with Gasteiger partial charge in [-0.2, -0.15) is 0 Å². The van der Waals surface area contributed by atoms with Crippen LogP contribution < -0.4 is 10.0 Å². The molecule has 9 heteroatoms. The topological polar surface area (TPSA) is 101 Å². The Hall–Kier alpha value is -2.26. The molecule has 7 nitrogen and oxygen atoms in total. The number of carbonyl (C=O) groups is 1. The van der Waals surface area contributed by atoms with Gasteiger partial charge in [-0.15, -0.1) is 11.3 Å². The van der Waals surface area contributed by atoms with Gasteiger partial charge in [-0.05, 0) is 25.5 Å². The van der Waals surface area contributed by atoms with Crippen molar-refractivity contribution in [1.82, 2.24) is 9.71 Å². The van der Waals surface area contributed by atoms with E-state index in [2.05, 4.69) is 20.0 Å². The van der Waals surface area contributed by atoms with Gasteiger partial charge in [0.15, 0.2) is 5.13 Å². The molecular weight excluding hydrogens is 372 g/mol. The van der Waals surface area contributed by atoms with Gasteiger partial charge in [0, 0.05) is 16.6 Å². The number of benzene rings is 1. The Bertz CT molecular complexity index is 950. The maximum absolute atomic E-state index is 12.7. The normalized spacial score (nSPS) is 17.5. The third kappa shape index (κ3) is 3.94. The van der Waals surface area contributed by atoms with E-state index >= 15 is 0 Å². The van der Waals surface area contributed by atoms with Crippen LogP contribution in [0.5, 0.6) is 0 Å². The molecule has 1 aromatic carbocycles. The van der Waals surface area contributed by atoms with E-state index < -0.39 is 16.1 Å². The minimum atomic E-state index is -3.62. The molecule has 1 unspecified atom stereocenters. The van der Waals surface area contributed by atoms with Gasteiger partial charge in [-0.3, -0.25) is 14.5 Å². The number of nitrogens with zero attached hydrogens (tertiary/aromatic N) is 2. The van der Waals surface area contributed by atoms with Crippen molar-refractivity contribution >= 4 is 38.2 Å². The van der Waals surface area contributed by atoms with Gasteiger partial charge in [-0.25, -0.2) is 13.4 Å². The lowest BCUT2D eigenvalue weighted by atomic mass is 10.1. The maximum atomic E-state index is 12.7. The molecule has 0 fully saturated rings. The van der Waals surface area contributed by atoms with E-state index in [-0.39, 0.29) is 16.6 Å². The molecule has 2 heterocycles. The van der Waals surface area contributed by atoms with Crippen molar-refractivity contribution in [2.45, 2.75) is 44.0 Å². The largest absolute Gasteiger partial charge is 0.300 e. The summed E-state index contributed by atoms with van der Waals surface area (Å²) < 4.78 is 26.9. The van der Waals surface area contributed by atoms with Crippen LogP contribution in [0.15, 0.2) is 40.4 Å². The molecule has 0 radical (unpaired) electrons. The standard InChI is InChI=1S/C17H20N4O3S2/c1-3-4-8-13(16(22)20-17-18-10-11(2)25-17)19-15-12-7-5-6-9-14(12)26(23,24)21-15/h5-7,9-10,13H,3-4,8H2,1-2H3,(H,19,21)(H,18,20,22). The van der Waals surface area contributed by atoms with Crippen LogP contribution in [0.3, 0.4) is 0 Å². The SMILES string of the molecule is CCCCC(N=C1NS(=O)(=O)c2ccccc21)C(=O)Nc1ncc(C)s1. The Morgan fingerprint density at radius 3 is 2.85 bits per heavy atom. The van der Waals surface area contributed by atoms with Crippen LogP contribution >= 0.6 is 11.3 Å². The summed E-state index contributed by atoms with van der Waals surface area (Å²) in [6, 6.07) is 5.93. The van der Waals surface area contributed by atoms with Crippen LogP contribution in [-0.2, 0) is 14.8 Å². The van der Waals surface area contributed by atoms with Gasteiger partial charge in [0.2, 0.25) is 0 Å². The highest BCUT2D eigenvalue weighted by atomic mass is 32.2. The summed E-state index contributed by atoms with van der Waals surface area (Å²) >= 11 is 1.39. The number of unbranched alkanes of at least 4 members (excludes halogenated alkanes) is 1. The fraction of sp³-hybridized carbons (Fsp3) is 0.353. The van der Waals surface area contributed by atoms with Gasteiger partial charge >= 0.3 is 0 Å². The third-order valence-corrected chi connectivity index (χ3v) is 6.16. The minimum absolute atomic E-state index is 0.184. The van der Waals surface area contributed by atoms with Gasteiger partial charge < -0.3 is 5.32 Å². The number of anilines is 1. The van der Waals surface area contributed by atoms with Crippen LogP contribution in [0, 0.1) is 6.92 Å². The molecule has 0 saturated heterocycles. The number of amides is 1. The molecule has 1 amide bonds. The van der Waals surface area contributed by atoms with Crippen molar-refractivity contribution in [2.24, 2.45) is 4.99 Å². The second kappa shape index (κ2) is 7.55. The predicted molar refractivity (Wildman–Crippen MR) is 102 cm³/mol. The van der Waals surface area contributed by atoms with E-state index in [1.807, 2.05) is 13.8 Å². The fourth-order valence-electron chi connectivity index (χ4n) is 2.64. The van der Waals surface area contributed by atoms with E-state index in [0.717, 1.165) is 17.7 Å². The highest BCUT2D eigenvalue weighted by molar-refractivity contribution is 7.90. The molecular formula is C17H20N4O3S2. The number of hydrogen-bond donors (Lipinski definition) is 2. The van der Waals surface area contributed by atoms with Gasteiger partial charge in [0.25, 0.3) is 15.9 Å². The zero-order chi connectivity index (χ0) is 18.7. The van der Waals surface area contributed by atoms with Crippen LogP contribution in [-0.4, -0.2) is 31.2 Å². The number of aromatic nitrogens is 1. The van der Waals surface area contributed by atoms with Crippen LogP contribution in [0.25, 0.3) is 0 Å². The first kappa shape index (κ1) is 18.5. The third-order valence-electron chi connectivity index (χ3n) is 3.93. The lowest BCUT2D eigenvalue weighted by molar-refractivity contribution is -0.117. The number of sulfonamides is 1. The summed E-state index contributed by atoms with van der Waals surface area (Å²) in [6.45, 7) is 3.94. The Morgan fingerprint density at radius 2 is 2.15 bits per heavy atom.